The number of carbonyl (C=O) groups is 2. The molecule has 1 aliphatic heterocycles. The Morgan fingerprint density at radius 1 is 1.14 bits per heavy atom. The van der Waals surface area contributed by atoms with E-state index >= 15 is 0 Å². The van der Waals surface area contributed by atoms with E-state index in [1.165, 1.54) is 0 Å². The molecule has 2 heterocycles. The first-order chi connectivity index (χ1) is 17.9. The van der Waals surface area contributed by atoms with E-state index in [0.29, 0.717) is 42.3 Å². The van der Waals surface area contributed by atoms with Crippen LogP contribution in [-0.2, 0) is 16.1 Å². The van der Waals surface area contributed by atoms with Crippen molar-refractivity contribution in [3.05, 3.63) is 59.9 Å². The van der Waals surface area contributed by atoms with Crippen LogP contribution in [0, 0.1) is 11.8 Å². The van der Waals surface area contributed by atoms with Crippen molar-refractivity contribution in [2.75, 3.05) is 4.90 Å². The number of aliphatic hydroxyl groups excluding tert-OH is 1. The maximum Gasteiger partial charge on any atom is 0.277 e. The lowest BCUT2D eigenvalue weighted by atomic mass is 9.82. The summed E-state index contributed by atoms with van der Waals surface area (Å²) in [6, 6.07) is 13.2. The third-order valence-corrected chi connectivity index (χ3v) is 7.52. The number of nitrogens with two attached hydrogens (primary N) is 1. The SMILES string of the molecule is CCCCC1=NC(N)(C(=O)[C@H](CC2CC2)[C@@H](O)CCCC)C(=O)N(Cc2ccccn2)c2ccccc21. The molecule has 198 valence electrons. The number of hydrogen-bond acceptors (Lipinski definition) is 6. The largest absolute Gasteiger partial charge is 0.392 e. The van der Waals surface area contributed by atoms with E-state index in [4.69, 9.17) is 10.7 Å². The van der Waals surface area contributed by atoms with Gasteiger partial charge in [0.05, 0.1) is 24.0 Å². The molecule has 1 unspecified atom stereocenters. The van der Waals surface area contributed by atoms with E-state index in [9.17, 15) is 14.7 Å². The summed E-state index contributed by atoms with van der Waals surface area (Å²) < 4.78 is 0. The Balaban J connectivity index is 1.80. The number of para-hydroxylation sites is 1. The minimum atomic E-state index is -2.11. The Hall–Kier alpha value is -2.90. The summed E-state index contributed by atoms with van der Waals surface area (Å²) in [5, 5.41) is 11.1. The van der Waals surface area contributed by atoms with Gasteiger partial charge in [-0.05, 0) is 49.8 Å². The van der Waals surface area contributed by atoms with Crippen molar-refractivity contribution in [2.45, 2.75) is 89.9 Å². The van der Waals surface area contributed by atoms with Crippen molar-refractivity contribution in [3.63, 3.8) is 0 Å². The molecule has 1 aromatic heterocycles. The van der Waals surface area contributed by atoms with Gasteiger partial charge in [0.1, 0.15) is 0 Å². The minimum Gasteiger partial charge on any atom is -0.392 e. The number of aliphatic hydroxyl groups is 1. The quantitative estimate of drug-likeness (QED) is 0.381. The number of benzene rings is 1. The van der Waals surface area contributed by atoms with Crippen LogP contribution in [0.1, 0.15) is 82.9 Å². The van der Waals surface area contributed by atoms with Gasteiger partial charge in [0.15, 0.2) is 5.78 Å². The normalized spacial score (nSPS) is 21.1. The lowest BCUT2D eigenvalue weighted by Gasteiger charge is -2.33. The molecule has 1 amide bonds. The van der Waals surface area contributed by atoms with Gasteiger partial charge in [0.25, 0.3) is 5.91 Å². The van der Waals surface area contributed by atoms with Crippen LogP contribution in [0.25, 0.3) is 0 Å². The summed E-state index contributed by atoms with van der Waals surface area (Å²) >= 11 is 0. The van der Waals surface area contributed by atoms with Crippen LogP contribution in [-0.4, -0.2) is 39.3 Å². The number of aromatic nitrogens is 1. The number of unbranched alkanes of at least 4 members (excludes halogenated alkanes) is 2. The summed E-state index contributed by atoms with van der Waals surface area (Å²) in [5.74, 6) is -1.37. The first-order valence-electron chi connectivity index (χ1n) is 13.8. The number of ketones is 1. The highest BCUT2D eigenvalue weighted by atomic mass is 16.3. The highest BCUT2D eigenvalue weighted by Gasteiger charge is 2.51. The number of fused-ring (bicyclic) bond motifs is 1. The third-order valence-electron chi connectivity index (χ3n) is 7.52. The Kier molecular flexibility index (Phi) is 8.87. The summed E-state index contributed by atoms with van der Waals surface area (Å²) in [6.07, 6.45) is 8.11. The third kappa shape index (κ3) is 6.16. The number of pyridine rings is 1. The first kappa shape index (κ1) is 27.1. The fourth-order valence-corrected chi connectivity index (χ4v) is 5.14. The standard InChI is InChI=1S/C30H40N4O3/c1-3-5-13-25-23-12-7-8-14-26(23)34(20-22-11-9-10-18-32-22)29(37)30(31,33-25)28(36)24(19-21-16-17-21)27(35)15-6-4-2/h7-12,14,18,21,24,27,35H,3-6,13,15-17,19-20,31H2,1-2H3/t24-,27+,30?/m1/s1. The Morgan fingerprint density at radius 2 is 1.86 bits per heavy atom. The lowest BCUT2D eigenvalue weighted by Crippen LogP contribution is -2.62. The molecular formula is C30H40N4O3. The van der Waals surface area contributed by atoms with Crippen LogP contribution >= 0.6 is 0 Å². The zero-order valence-electron chi connectivity index (χ0n) is 22.1. The predicted molar refractivity (Wildman–Crippen MR) is 146 cm³/mol. The van der Waals surface area contributed by atoms with Crippen molar-refractivity contribution in [1.29, 1.82) is 0 Å². The van der Waals surface area contributed by atoms with Crippen molar-refractivity contribution in [3.8, 4) is 0 Å². The number of aliphatic imine (C=N–C) groups is 1. The van der Waals surface area contributed by atoms with Gasteiger partial charge in [0.2, 0.25) is 5.66 Å². The maximum absolute atomic E-state index is 14.3. The number of rotatable bonds is 13. The van der Waals surface area contributed by atoms with Crippen LogP contribution in [0.2, 0.25) is 0 Å². The van der Waals surface area contributed by atoms with Gasteiger partial charge in [0, 0.05) is 23.4 Å². The molecule has 2 aliphatic rings. The second-order valence-electron chi connectivity index (χ2n) is 10.5. The number of anilines is 1. The van der Waals surface area contributed by atoms with E-state index in [2.05, 4.69) is 18.8 Å². The average molecular weight is 505 g/mol. The number of amides is 1. The van der Waals surface area contributed by atoms with Crippen LogP contribution in [0.5, 0.6) is 0 Å². The van der Waals surface area contributed by atoms with Gasteiger partial charge in [-0.1, -0.05) is 70.2 Å². The molecule has 7 heteroatoms. The smallest absolute Gasteiger partial charge is 0.277 e. The second kappa shape index (κ2) is 12.1. The molecule has 0 radical (unpaired) electrons. The van der Waals surface area contributed by atoms with E-state index in [-0.39, 0.29) is 6.54 Å². The molecule has 7 nitrogen and oxygen atoms in total. The maximum atomic E-state index is 14.3. The van der Waals surface area contributed by atoms with Gasteiger partial charge in [-0.15, -0.1) is 0 Å². The molecule has 1 fully saturated rings. The molecule has 37 heavy (non-hydrogen) atoms. The molecule has 3 atom stereocenters. The summed E-state index contributed by atoms with van der Waals surface area (Å²) in [4.78, 5) is 39.3. The summed E-state index contributed by atoms with van der Waals surface area (Å²) in [5.41, 5.74) is 7.57. The van der Waals surface area contributed by atoms with E-state index in [1.54, 1.807) is 11.1 Å². The number of nitrogens with zero attached hydrogens (tertiary/aromatic N) is 3. The van der Waals surface area contributed by atoms with E-state index in [1.807, 2.05) is 42.5 Å². The summed E-state index contributed by atoms with van der Waals surface area (Å²) in [6.45, 7) is 4.32. The Labute approximate surface area is 220 Å². The number of carbonyl (C=O) groups excluding carboxylic acids is 2. The zero-order chi connectivity index (χ0) is 26.4. The molecule has 0 saturated heterocycles. The monoisotopic (exact) mass is 504 g/mol. The van der Waals surface area contributed by atoms with Gasteiger partial charge in [-0.3, -0.25) is 20.3 Å². The van der Waals surface area contributed by atoms with Gasteiger partial charge < -0.3 is 10.0 Å². The fraction of sp³-hybridized carbons (Fsp3) is 0.533. The predicted octanol–water partition coefficient (Wildman–Crippen LogP) is 4.80. The van der Waals surface area contributed by atoms with Crippen molar-refractivity contribution in [2.24, 2.45) is 22.6 Å². The van der Waals surface area contributed by atoms with Crippen molar-refractivity contribution < 1.29 is 14.7 Å². The average Bonchev–Trinajstić information content (AvgIpc) is 3.75. The Morgan fingerprint density at radius 3 is 2.54 bits per heavy atom. The highest BCUT2D eigenvalue weighted by Crippen LogP contribution is 2.40. The summed E-state index contributed by atoms with van der Waals surface area (Å²) in [7, 11) is 0. The Bertz CT molecular complexity index is 1110. The molecule has 2 aromatic rings. The van der Waals surface area contributed by atoms with E-state index in [0.717, 1.165) is 44.1 Å². The molecule has 1 aromatic carbocycles. The molecule has 4 rings (SSSR count). The van der Waals surface area contributed by atoms with Crippen molar-refractivity contribution in [1.82, 2.24) is 4.98 Å². The topological polar surface area (TPSA) is 109 Å². The van der Waals surface area contributed by atoms with Gasteiger partial charge in [-0.25, -0.2) is 4.99 Å². The molecule has 3 N–H and O–H groups in total. The number of benzodiazepines with no additional fused rings is 1. The lowest BCUT2D eigenvalue weighted by molar-refractivity contribution is -0.139. The fourth-order valence-electron chi connectivity index (χ4n) is 5.14. The highest BCUT2D eigenvalue weighted by molar-refractivity contribution is 6.22. The van der Waals surface area contributed by atoms with Crippen LogP contribution in [0.3, 0.4) is 0 Å². The van der Waals surface area contributed by atoms with E-state index < -0.39 is 29.4 Å². The second-order valence-corrected chi connectivity index (χ2v) is 10.5. The molecule has 0 bridgehead atoms. The minimum absolute atomic E-state index is 0.172. The first-order valence-corrected chi connectivity index (χ1v) is 13.8. The van der Waals surface area contributed by atoms with Crippen molar-refractivity contribution >= 4 is 23.1 Å². The molecule has 1 saturated carbocycles. The number of hydrogen-bond donors (Lipinski definition) is 2. The van der Waals surface area contributed by atoms with Gasteiger partial charge in [-0.2, -0.15) is 0 Å². The molecule has 1 aliphatic carbocycles. The van der Waals surface area contributed by atoms with Crippen LogP contribution in [0.15, 0.2) is 53.7 Å². The molecular weight excluding hydrogens is 464 g/mol. The zero-order valence-corrected chi connectivity index (χ0v) is 22.1. The van der Waals surface area contributed by atoms with Crippen LogP contribution < -0.4 is 10.6 Å². The van der Waals surface area contributed by atoms with Gasteiger partial charge >= 0.3 is 0 Å². The van der Waals surface area contributed by atoms with Crippen LogP contribution in [0.4, 0.5) is 5.69 Å². The molecule has 0 spiro atoms. The number of Topliss-reactive ketones (excluding diaryl/α,β-unsaturated/α-hetero) is 1.